The number of carbonyl (C=O) groups is 1. The van der Waals surface area contributed by atoms with Crippen LogP contribution in [-0.2, 0) is 14.8 Å². The van der Waals surface area contributed by atoms with Crippen LogP contribution in [0.2, 0.25) is 0 Å². The first-order chi connectivity index (χ1) is 18.3. The second-order valence-electron chi connectivity index (χ2n) is 9.71. The fourth-order valence-electron chi connectivity index (χ4n) is 5.14. The highest BCUT2D eigenvalue weighted by Crippen LogP contribution is 2.36. The maximum absolute atomic E-state index is 13.9. The van der Waals surface area contributed by atoms with Crippen LogP contribution in [0.25, 0.3) is 0 Å². The van der Waals surface area contributed by atoms with Crippen molar-refractivity contribution in [2.24, 2.45) is 0 Å². The minimum atomic E-state index is -4.03. The Labute approximate surface area is 225 Å². The minimum Gasteiger partial charge on any atom is -0.497 e. The molecule has 0 saturated carbocycles. The van der Waals surface area contributed by atoms with Crippen LogP contribution < -0.4 is 24.8 Å². The lowest BCUT2D eigenvalue weighted by molar-refractivity contribution is -0.132. The molecule has 2 aromatic carbocycles. The number of anilines is 2. The minimum absolute atomic E-state index is 0.0768. The van der Waals surface area contributed by atoms with Crippen molar-refractivity contribution in [1.82, 2.24) is 9.79 Å². The molecular formula is C27H38N4O6S. The first kappa shape index (κ1) is 28.0. The summed E-state index contributed by atoms with van der Waals surface area (Å²) in [7, 11) is -2.43. The maximum atomic E-state index is 13.9. The molecule has 0 aliphatic carbocycles. The van der Waals surface area contributed by atoms with Crippen molar-refractivity contribution in [1.29, 1.82) is 0 Å². The quantitative estimate of drug-likeness (QED) is 0.266. The van der Waals surface area contributed by atoms with Gasteiger partial charge in [0, 0.05) is 50.6 Å². The second-order valence-corrected chi connectivity index (χ2v) is 12.0. The molecule has 10 nitrogen and oxygen atoms in total. The summed E-state index contributed by atoms with van der Waals surface area (Å²) in [6, 6.07) is 15.4. The fraction of sp³-hybridized carbons (Fsp3) is 0.519. The molecule has 2 fully saturated rings. The van der Waals surface area contributed by atoms with Gasteiger partial charge in [0.05, 0.1) is 13.7 Å². The largest absolute Gasteiger partial charge is 0.497 e. The number of ether oxygens (including phenoxy) is 2. The number of methoxy groups -OCH3 is 1. The molecule has 1 amide bonds. The van der Waals surface area contributed by atoms with E-state index in [9.17, 15) is 18.4 Å². The Balaban J connectivity index is 1.41. The molecule has 4 rings (SSSR count). The molecule has 0 radical (unpaired) electrons. The average Bonchev–Trinajstić information content (AvgIpc) is 2.97. The normalized spacial score (nSPS) is 18.2. The van der Waals surface area contributed by atoms with Gasteiger partial charge in [-0.2, -0.15) is 4.31 Å². The Bertz CT molecular complexity index is 1160. The van der Waals surface area contributed by atoms with Crippen molar-refractivity contribution in [3.05, 3.63) is 48.5 Å². The number of piperazine rings is 1. The average molecular weight is 547 g/mol. The zero-order valence-electron chi connectivity index (χ0n) is 22.1. The van der Waals surface area contributed by atoms with E-state index in [2.05, 4.69) is 11.8 Å². The van der Waals surface area contributed by atoms with Gasteiger partial charge in [-0.05, 0) is 67.8 Å². The molecule has 11 heteroatoms. The van der Waals surface area contributed by atoms with E-state index in [-0.39, 0.29) is 25.9 Å². The van der Waals surface area contributed by atoms with E-state index in [1.54, 1.807) is 12.6 Å². The number of carbonyl (C=O) groups excluding carboxylic acids is 1. The van der Waals surface area contributed by atoms with Gasteiger partial charge in [0.25, 0.3) is 5.91 Å². The SMILES string of the molecule is CCCCOc1ccc(N2CCN(S(=O)(=O)C3(C(=O)NO)CCN(c4ccc(OC)cc4)CC3)CC2)cc1. The van der Waals surface area contributed by atoms with Gasteiger partial charge in [-0.3, -0.25) is 10.0 Å². The highest BCUT2D eigenvalue weighted by Gasteiger charge is 2.55. The van der Waals surface area contributed by atoms with Crippen LogP contribution in [0.5, 0.6) is 11.5 Å². The van der Waals surface area contributed by atoms with Crippen LogP contribution in [0.3, 0.4) is 0 Å². The van der Waals surface area contributed by atoms with Crippen molar-refractivity contribution < 1.29 is 27.9 Å². The lowest BCUT2D eigenvalue weighted by Gasteiger charge is -2.44. The van der Waals surface area contributed by atoms with E-state index in [0.717, 1.165) is 35.7 Å². The molecule has 2 aromatic rings. The Morgan fingerprint density at radius 2 is 1.42 bits per heavy atom. The van der Waals surface area contributed by atoms with Crippen molar-refractivity contribution >= 4 is 27.3 Å². The van der Waals surface area contributed by atoms with Crippen LogP contribution in [0.4, 0.5) is 11.4 Å². The Hall–Kier alpha value is -3.02. The summed E-state index contributed by atoms with van der Waals surface area (Å²) in [5.41, 5.74) is 3.57. The van der Waals surface area contributed by atoms with E-state index in [4.69, 9.17) is 9.47 Å². The molecule has 0 unspecified atom stereocenters. The molecule has 38 heavy (non-hydrogen) atoms. The summed E-state index contributed by atoms with van der Waals surface area (Å²) in [5, 5.41) is 9.51. The van der Waals surface area contributed by atoms with Crippen LogP contribution >= 0.6 is 0 Å². The lowest BCUT2D eigenvalue weighted by atomic mass is 9.94. The summed E-state index contributed by atoms with van der Waals surface area (Å²) in [5.74, 6) is 0.687. The number of hydrogen-bond donors (Lipinski definition) is 2. The second kappa shape index (κ2) is 12.2. The third-order valence-corrected chi connectivity index (χ3v) is 10.2. The van der Waals surface area contributed by atoms with Crippen LogP contribution in [0.1, 0.15) is 32.6 Å². The van der Waals surface area contributed by atoms with Crippen molar-refractivity contribution in [3.8, 4) is 11.5 Å². The number of benzene rings is 2. The first-order valence-electron chi connectivity index (χ1n) is 13.2. The molecule has 208 valence electrons. The van der Waals surface area contributed by atoms with Gasteiger partial charge >= 0.3 is 0 Å². The maximum Gasteiger partial charge on any atom is 0.266 e. The Morgan fingerprint density at radius 1 is 0.895 bits per heavy atom. The molecule has 0 spiro atoms. The smallest absolute Gasteiger partial charge is 0.266 e. The van der Waals surface area contributed by atoms with Crippen LogP contribution in [0, 0.1) is 0 Å². The summed E-state index contributed by atoms with van der Waals surface area (Å²) < 4.78 is 38.4. The molecule has 0 bridgehead atoms. The van der Waals surface area contributed by atoms with Crippen molar-refractivity contribution in [2.75, 3.05) is 62.8 Å². The van der Waals surface area contributed by atoms with Crippen LogP contribution in [0.15, 0.2) is 48.5 Å². The summed E-state index contributed by atoms with van der Waals surface area (Å²) >= 11 is 0. The third kappa shape index (κ3) is 5.69. The zero-order chi connectivity index (χ0) is 27.2. The number of nitrogens with zero attached hydrogens (tertiary/aromatic N) is 3. The highest BCUT2D eigenvalue weighted by atomic mass is 32.2. The van der Waals surface area contributed by atoms with E-state index in [0.29, 0.717) is 32.8 Å². The van der Waals surface area contributed by atoms with E-state index >= 15 is 0 Å². The van der Waals surface area contributed by atoms with E-state index in [1.807, 2.05) is 53.4 Å². The van der Waals surface area contributed by atoms with Gasteiger partial charge in [0.1, 0.15) is 11.5 Å². The van der Waals surface area contributed by atoms with E-state index < -0.39 is 20.7 Å². The summed E-state index contributed by atoms with van der Waals surface area (Å²) in [4.78, 5) is 17.1. The number of rotatable bonds is 10. The highest BCUT2D eigenvalue weighted by molar-refractivity contribution is 7.91. The van der Waals surface area contributed by atoms with Gasteiger partial charge in [-0.1, -0.05) is 13.3 Å². The van der Waals surface area contributed by atoms with Crippen molar-refractivity contribution in [2.45, 2.75) is 37.4 Å². The zero-order valence-corrected chi connectivity index (χ0v) is 23.0. The topological polar surface area (TPSA) is 112 Å². The summed E-state index contributed by atoms with van der Waals surface area (Å²) in [6.45, 7) is 5.08. The monoisotopic (exact) mass is 546 g/mol. The van der Waals surface area contributed by atoms with Gasteiger partial charge < -0.3 is 19.3 Å². The standard InChI is InChI=1S/C27H38N4O6S/c1-3-4-21-37-25-11-7-23(8-12-25)30-17-19-31(20-18-30)38(34,35)27(26(32)28-33)13-15-29(16-14-27)22-5-9-24(36-2)10-6-22/h5-12,33H,3-4,13-21H2,1-2H3,(H,28,32). The number of hydrogen-bond acceptors (Lipinski definition) is 8. The van der Waals surface area contributed by atoms with Gasteiger partial charge in [0.2, 0.25) is 10.0 Å². The predicted molar refractivity (Wildman–Crippen MR) is 147 cm³/mol. The molecule has 2 saturated heterocycles. The molecule has 2 aliphatic rings. The van der Waals surface area contributed by atoms with Crippen LogP contribution in [-0.4, -0.2) is 81.6 Å². The molecule has 2 N–H and O–H groups in total. The Kier molecular flexibility index (Phi) is 9.01. The number of hydroxylamine groups is 1. The predicted octanol–water partition coefficient (Wildman–Crippen LogP) is 2.87. The fourth-order valence-corrected chi connectivity index (χ4v) is 7.26. The number of amides is 1. The number of unbranched alkanes of at least 4 members (excludes halogenated alkanes) is 1. The van der Waals surface area contributed by atoms with Gasteiger partial charge in [-0.15, -0.1) is 0 Å². The van der Waals surface area contributed by atoms with E-state index in [1.165, 1.54) is 4.31 Å². The molecular weight excluding hydrogens is 508 g/mol. The van der Waals surface area contributed by atoms with Gasteiger partial charge in [0.15, 0.2) is 4.75 Å². The lowest BCUT2D eigenvalue weighted by Crippen LogP contribution is -2.63. The Morgan fingerprint density at radius 3 is 1.92 bits per heavy atom. The number of nitrogens with one attached hydrogen (secondary N) is 1. The summed E-state index contributed by atoms with van der Waals surface area (Å²) in [6.07, 6.45) is 2.24. The van der Waals surface area contributed by atoms with Crippen molar-refractivity contribution in [3.63, 3.8) is 0 Å². The first-order valence-corrected chi connectivity index (χ1v) is 14.6. The number of sulfonamides is 1. The third-order valence-electron chi connectivity index (χ3n) is 7.56. The molecule has 0 aromatic heterocycles. The molecule has 2 heterocycles. The number of piperidine rings is 1. The molecule has 0 atom stereocenters. The van der Waals surface area contributed by atoms with Gasteiger partial charge in [-0.25, -0.2) is 13.9 Å². The molecule has 2 aliphatic heterocycles.